The zero-order chi connectivity index (χ0) is 11.3. The van der Waals surface area contributed by atoms with E-state index in [2.05, 4.69) is 9.98 Å². The van der Waals surface area contributed by atoms with Gasteiger partial charge in [0.25, 0.3) is 0 Å². The Hall–Kier alpha value is -1.42. The van der Waals surface area contributed by atoms with Gasteiger partial charge in [0, 0.05) is 6.20 Å². The molecule has 1 heterocycles. The highest BCUT2D eigenvalue weighted by molar-refractivity contribution is 5.95. The summed E-state index contributed by atoms with van der Waals surface area (Å²) in [7, 11) is 0. The lowest BCUT2D eigenvalue weighted by Gasteiger charge is -2.18. The molecule has 0 aromatic carbocycles. The van der Waals surface area contributed by atoms with Gasteiger partial charge in [0.1, 0.15) is 11.5 Å². The summed E-state index contributed by atoms with van der Waals surface area (Å²) in [5.41, 5.74) is 5.58. The fourth-order valence-corrected chi connectivity index (χ4v) is 0.963. The van der Waals surface area contributed by atoms with E-state index in [0.29, 0.717) is 24.5 Å². The Morgan fingerprint density at radius 3 is 2.87 bits per heavy atom. The molecule has 0 amide bonds. The van der Waals surface area contributed by atoms with Crippen molar-refractivity contribution < 1.29 is 5.11 Å². The quantitative estimate of drug-likeness (QED) is 0.570. The molecule has 1 aromatic rings. The number of hydrogen-bond donors (Lipinski definition) is 2. The molecule has 82 valence electrons. The van der Waals surface area contributed by atoms with Crippen LogP contribution >= 0.6 is 0 Å². The first-order valence-corrected chi connectivity index (χ1v) is 4.99. The van der Waals surface area contributed by atoms with Crippen LogP contribution in [-0.4, -0.2) is 28.1 Å². The number of aromatic nitrogens is 1. The van der Waals surface area contributed by atoms with Gasteiger partial charge in [0.05, 0.1) is 12.1 Å². The third kappa shape index (κ3) is 3.67. The molecule has 0 aliphatic heterocycles. The minimum Gasteiger partial charge on any atom is -0.388 e. The van der Waals surface area contributed by atoms with Gasteiger partial charge in [0.15, 0.2) is 0 Å². The number of nitrogens with zero attached hydrogens (tertiary/aromatic N) is 2. The lowest BCUT2D eigenvalue weighted by Crippen LogP contribution is -2.28. The largest absolute Gasteiger partial charge is 0.388 e. The Balaban J connectivity index is 2.69. The summed E-state index contributed by atoms with van der Waals surface area (Å²) in [4.78, 5) is 8.19. The maximum absolute atomic E-state index is 9.74. The van der Waals surface area contributed by atoms with Crippen LogP contribution in [0.25, 0.3) is 0 Å². The lowest BCUT2D eigenvalue weighted by atomic mass is 10.0. The Morgan fingerprint density at radius 2 is 2.33 bits per heavy atom. The van der Waals surface area contributed by atoms with Crippen LogP contribution in [-0.2, 0) is 0 Å². The molecule has 1 unspecified atom stereocenters. The smallest absolute Gasteiger partial charge is 0.144 e. The van der Waals surface area contributed by atoms with Crippen LogP contribution in [0.1, 0.15) is 26.0 Å². The molecular weight excluding hydrogens is 190 g/mol. The fourth-order valence-electron chi connectivity index (χ4n) is 0.963. The number of aliphatic hydroxyl groups is 1. The lowest BCUT2D eigenvalue weighted by molar-refractivity contribution is 0.0658. The predicted molar refractivity (Wildman–Crippen MR) is 60.7 cm³/mol. The zero-order valence-corrected chi connectivity index (χ0v) is 9.14. The molecule has 0 saturated carbocycles. The fraction of sp³-hybridized carbons (Fsp3) is 0.455. The molecule has 4 heteroatoms. The average Bonchev–Trinajstić information content (AvgIpc) is 2.27. The van der Waals surface area contributed by atoms with Crippen molar-refractivity contribution in [3.63, 3.8) is 0 Å². The van der Waals surface area contributed by atoms with E-state index in [-0.39, 0.29) is 0 Å². The van der Waals surface area contributed by atoms with Gasteiger partial charge >= 0.3 is 0 Å². The van der Waals surface area contributed by atoms with Crippen molar-refractivity contribution in [1.29, 1.82) is 0 Å². The van der Waals surface area contributed by atoms with E-state index in [0.717, 1.165) is 0 Å². The van der Waals surface area contributed by atoms with E-state index in [9.17, 15) is 5.11 Å². The Labute approximate surface area is 89.9 Å². The number of amidine groups is 1. The number of rotatable bonds is 4. The summed E-state index contributed by atoms with van der Waals surface area (Å²) in [6, 6.07) is 5.46. The van der Waals surface area contributed by atoms with Gasteiger partial charge in [-0.1, -0.05) is 13.0 Å². The van der Waals surface area contributed by atoms with Crippen molar-refractivity contribution >= 4 is 5.84 Å². The summed E-state index contributed by atoms with van der Waals surface area (Å²) in [5.74, 6) is 0.365. The van der Waals surface area contributed by atoms with Gasteiger partial charge in [-0.15, -0.1) is 0 Å². The highest BCUT2D eigenvalue weighted by atomic mass is 16.3. The number of aliphatic imine (C=N–C) groups is 1. The molecule has 0 aliphatic rings. The van der Waals surface area contributed by atoms with Crippen molar-refractivity contribution in [3.05, 3.63) is 30.1 Å². The third-order valence-corrected chi connectivity index (χ3v) is 2.28. The molecule has 0 radical (unpaired) electrons. The van der Waals surface area contributed by atoms with Crippen molar-refractivity contribution in [2.75, 3.05) is 6.54 Å². The number of nitrogens with two attached hydrogens (primary N) is 1. The van der Waals surface area contributed by atoms with Crippen LogP contribution in [0.15, 0.2) is 29.4 Å². The van der Waals surface area contributed by atoms with E-state index in [1.165, 1.54) is 0 Å². The van der Waals surface area contributed by atoms with Crippen LogP contribution in [0, 0.1) is 0 Å². The minimum absolute atomic E-state index is 0.298. The van der Waals surface area contributed by atoms with E-state index in [4.69, 9.17) is 5.73 Å². The van der Waals surface area contributed by atoms with Crippen molar-refractivity contribution in [1.82, 2.24) is 4.98 Å². The van der Waals surface area contributed by atoms with Gasteiger partial charge in [0.2, 0.25) is 0 Å². The summed E-state index contributed by atoms with van der Waals surface area (Å²) < 4.78 is 0. The SMILES string of the molecule is CCC(C)(O)CN=C(N)c1ccccn1. The maximum atomic E-state index is 9.74. The van der Waals surface area contributed by atoms with Crippen LogP contribution in [0.2, 0.25) is 0 Å². The highest BCUT2D eigenvalue weighted by Crippen LogP contribution is 2.08. The standard InChI is InChI=1S/C11H17N3O/c1-3-11(2,15)8-14-10(12)9-6-4-5-7-13-9/h4-7,15H,3,8H2,1-2H3,(H2,12,14). The van der Waals surface area contributed by atoms with Crippen LogP contribution in [0.4, 0.5) is 0 Å². The Kier molecular flexibility index (Phi) is 3.80. The summed E-state index contributed by atoms with van der Waals surface area (Å²) in [5, 5.41) is 9.74. The van der Waals surface area contributed by atoms with E-state index in [1.54, 1.807) is 19.2 Å². The maximum Gasteiger partial charge on any atom is 0.144 e. The first kappa shape index (κ1) is 11.7. The number of hydrogen-bond acceptors (Lipinski definition) is 3. The molecule has 0 spiro atoms. The first-order valence-electron chi connectivity index (χ1n) is 4.99. The number of pyridine rings is 1. The molecule has 0 saturated heterocycles. The molecule has 0 fully saturated rings. The van der Waals surface area contributed by atoms with Crippen molar-refractivity contribution in [2.24, 2.45) is 10.7 Å². The molecule has 0 aliphatic carbocycles. The van der Waals surface area contributed by atoms with Crippen molar-refractivity contribution in [3.8, 4) is 0 Å². The second-order valence-corrected chi connectivity index (χ2v) is 3.77. The Bertz CT molecular complexity index is 333. The molecular formula is C11H17N3O. The summed E-state index contributed by atoms with van der Waals surface area (Å²) in [6.45, 7) is 3.95. The van der Waals surface area contributed by atoms with Gasteiger partial charge in [-0.05, 0) is 25.5 Å². The highest BCUT2D eigenvalue weighted by Gasteiger charge is 2.16. The first-order chi connectivity index (χ1) is 7.05. The average molecular weight is 207 g/mol. The monoisotopic (exact) mass is 207 g/mol. The topological polar surface area (TPSA) is 71.5 Å². The second-order valence-electron chi connectivity index (χ2n) is 3.77. The minimum atomic E-state index is -0.792. The van der Waals surface area contributed by atoms with Gasteiger partial charge in [-0.2, -0.15) is 0 Å². The molecule has 15 heavy (non-hydrogen) atoms. The van der Waals surface area contributed by atoms with Crippen molar-refractivity contribution in [2.45, 2.75) is 25.9 Å². The van der Waals surface area contributed by atoms with Crippen LogP contribution < -0.4 is 5.73 Å². The van der Waals surface area contributed by atoms with Gasteiger partial charge in [-0.25, -0.2) is 0 Å². The third-order valence-electron chi connectivity index (χ3n) is 2.28. The van der Waals surface area contributed by atoms with Gasteiger partial charge in [-0.3, -0.25) is 9.98 Å². The van der Waals surface area contributed by atoms with Gasteiger partial charge < -0.3 is 10.8 Å². The molecule has 1 atom stereocenters. The molecule has 4 nitrogen and oxygen atoms in total. The normalized spacial score (nSPS) is 16.1. The summed E-state index contributed by atoms with van der Waals surface area (Å²) >= 11 is 0. The Morgan fingerprint density at radius 1 is 1.60 bits per heavy atom. The summed E-state index contributed by atoms with van der Waals surface area (Å²) in [6.07, 6.45) is 2.31. The van der Waals surface area contributed by atoms with Crippen LogP contribution in [0.3, 0.4) is 0 Å². The predicted octanol–water partition coefficient (Wildman–Crippen LogP) is 0.948. The molecule has 1 aromatic heterocycles. The molecule has 0 bridgehead atoms. The zero-order valence-electron chi connectivity index (χ0n) is 9.14. The van der Waals surface area contributed by atoms with E-state index >= 15 is 0 Å². The molecule has 1 rings (SSSR count). The second kappa shape index (κ2) is 4.89. The van der Waals surface area contributed by atoms with E-state index < -0.39 is 5.60 Å². The molecule has 3 N–H and O–H groups in total. The van der Waals surface area contributed by atoms with E-state index in [1.807, 2.05) is 19.1 Å². The van der Waals surface area contributed by atoms with Crippen LogP contribution in [0.5, 0.6) is 0 Å².